The Hall–Kier alpha value is -0.790. The van der Waals surface area contributed by atoms with Crippen molar-refractivity contribution in [2.75, 3.05) is 18.8 Å². The maximum Gasteiger partial charge on any atom is 0.230 e. The van der Waals surface area contributed by atoms with E-state index in [2.05, 4.69) is 25.4 Å². The van der Waals surface area contributed by atoms with E-state index in [0.717, 1.165) is 43.3 Å². The molecule has 1 atom stereocenters. The SMILES string of the molecule is Cl.Cn1c(SCC(=O)NC2CCCCCC2)nnc1C1CCCNC1. The van der Waals surface area contributed by atoms with Crippen molar-refractivity contribution in [3.05, 3.63) is 5.82 Å². The second-order valence-electron chi connectivity index (χ2n) is 6.99. The number of amides is 1. The number of carbonyl (C=O) groups excluding carboxylic acids is 1. The molecule has 8 heteroatoms. The van der Waals surface area contributed by atoms with Crippen LogP contribution in [-0.2, 0) is 11.8 Å². The molecule has 0 spiro atoms. The molecule has 1 amide bonds. The van der Waals surface area contributed by atoms with Crippen molar-refractivity contribution in [1.29, 1.82) is 0 Å². The van der Waals surface area contributed by atoms with Crippen LogP contribution in [0.5, 0.6) is 0 Å². The second kappa shape index (κ2) is 10.4. The Bertz CT molecular complexity index is 539. The third kappa shape index (κ3) is 5.86. The highest BCUT2D eigenvalue weighted by Crippen LogP contribution is 2.25. The van der Waals surface area contributed by atoms with Crippen LogP contribution in [-0.4, -0.2) is 45.6 Å². The molecule has 1 saturated heterocycles. The lowest BCUT2D eigenvalue weighted by molar-refractivity contribution is -0.119. The van der Waals surface area contributed by atoms with Gasteiger partial charge in [-0.05, 0) is 32.2 Å². The number of nitrogens with zero attached hydrogens (tertiary/aromatic N) is 3. The van der Waals surface area contributed by atoms with Crippen molar-refractivity contribution in [2.45, 2.75) is 68.5 Å². The quantitative estimate of drug-likeness (QED) is 0.600. The van der Waals surface area contributed by atoms with Crippen LogP contribution in [0.2, 0.25) is 0 Å². The van der Waals surface area contributed by atoms with Crippen LogP contribution in [0.3, 0.4) is 0 Å². The first-order valence-electron chi connectivity index (χ1n) is 9.26. The molecule has 2 N–H and O–H groups in total. The summed E-state index contributed by atoms with van der Waals surface area (Å²) in [5.74, 6) is 2.01. The van der Waals surface area contributed by atoms with E-state index in [4.69, 9.17) is 0 Å². The van der Waals surface area contributed by atoms with Gasteiger partial charge in [-0.2, -0.15) is 0 Å². The predicted molar refractivity (Wildman–Crippen MR) is 103 cm³/mol. The minimum absolute atomic E-state index is 0. The highest BCUT2D eigenvalue weighted by atomic mass is 35.5. The van der Waals surface area contributed by atoms with Gasteiger partial charge in [0, 0.05) is 25.6 Å². The number of hydrogen-bond acceptors (Lipinski definition) is 5. The third-order valence-electron chi connectivity index (χ3n) is 5.08. The van der Waals surface area contributed by atoms with Crippen molar-refractivity contribution in [3.8, 4) is 0 Å². The summed E-state index contributed by atoms with van der Waals surface area (Å²) in [4.78, 5) is 12.2. The van der Waals surface area contributed by atoms with Gasteiger partial charge in [-0.25, -0.2) is 0 Å². The number of piperidine rings is 1. The normalized spacial score (nSPS) is 22.0. The fraction of sp³-hybridized carbons (Fsp3) is 0.824. The first-order chi connectivity index (χ1) is 11.7. The molecule has 2 fully saturated rings. The monoisotopic (exact) mass is 387 g/mol. The molecule has 6 nitrogen and oxygen atoms in total. The standard InChI is InChI=1S/C17H29N5OS.ClH/c1-22-16(13-7-6-10-18-11-13)20-21-17(22)24-12-15(23)19-14-8-4-2-3-5-9-14;/h13-14,18H,2-12H2,1H3,(H,19,23);1H. The van der Waals surface area contributed by atoms with Gasteiger partial charge in [0.15, 0.2) is 5.16 Å². The number of aromatic nitrogens is 3. The smallest absolute Gasteiger partial charge is 0.230 e. The van der Waals surface area contributed by atoms with Gasteiger partial charge in [0.25, 0.3) is 0 Å². The van der Waals surface area contributed by atoms with Crippen LogP contribution >= 0.6 is 24.2 Å². The van der Waals surface area contributed by atoms with Gasteiger partial charge in [-0.1, -0.05) is 37.4 Å². The molecular formula is C17H30ClN5OS. The predicted octanol–water partition coefficient (Wildman–Crippen LogP) is 2.64. The molecule has 25 heavy (non-hydrogen) atoms. The van der Waals surface area contributed by atoms with Crippen LogP contribution in [0.25, 0.3) is 0 Å². The van der Waals surface area contributed by atoms with Gasteiger partial charge in [0.1, 0.15) is 5.82 Å². The number of halogens is 1. The summed E-state index contributed by atoms with van der Waals surface area (Å²) in [7, 11) is 2.01. The zero-order valence-corrected chi connectivity index (χ0v) is 16.6. The molecular weight excluding hydrogens is 358 g/mol. The second-order valence-corrected chi connectivity index (χ2v) is 7.93. The molecule has 1 unspecified atom stereocenters. The van der Waals surface area contributed by atoms with E-state index in [-0.39, 0.29) is 18.3 Å². The Labute approximate surface area is 160 Å². The van der Waals surface area contributed by atoms with Gasteiger partial charge in [-0.3, -0.25) is 4.79 Å². The Kier molecular flexibility index (Phi) is 8.52. The Morgan fingerprint density at radius 2 is 1.96 bits per heavy atom. The van der Waals surface area contributed by atoms with E-state index in [9.17, 15) is 4.79 Å². The average Bonchev–Trinajstić information content (AvgIpc) is 2.79. The molecule has 1 aliphatic carbocycles. The van der Waals surface area contributed by atoms with E-state index in [1.165, 1.54) is 43.9 Å². The summed E-state index contributed by atoms with van der Waals surface area (Å²) in [6.45, 7) is 2.07. The zero-order valence-electron chi connectivity index (χ0n) is 15.0. The average molecular weight is 388 g/mol. The highest BCUT2D eigenvalue weighted by Gasteiger charge is 2.22. The lowest BCUT2D eigenvalue weighted by Crippen LogP contribution is -2.35. The molecule has 2 aliphatic rings. The van der Waals surface area contributed by atoms with Crippen LogP contribution in [0.4, 0.5) is 0 Å². The summed E-state index contributed by atoms with van der Waals surface area (Å²) < 4.78 is 2.06. The van der Waals surface area contributed by atoms with E-state index in [1.54, 1.807) is 0 Å². The number of hydrogen-bond donors (Lipinski definition) is 2. The molecule has 0 radical (unpaired) electrons. The Morgan fingerprint density at radius 3 is 2.64 bits per heavy atom. The lowest BCUT2D eigenvalue weighted by atomic mass is 9.99. The highest BCUT2D eigenvalue weighted by molar-refractivity contribution is 7.99. The molecule has 1 saturated carbocycles. The Morgan fingerprint density at radius 1 is 1.20 bits per heavy atom. The topological polar surface area (TPSA) is 71.8 Å². The molecule has 2 heterocycles. The van der Waals surface area contributed by atoms with Crippen LogP contribution < -0.4 is 10.6 Å². The fourth-order valence-corrected chi connectivity index (χ4v) is 4.43. The van der Waals surface area contributed by atoms with E-state index in [0.29, 0.717) is 17.7 Å². The summed E-state index contributed by atoms with van der Waals surface area (Å²) in [5, 5.41) is 16.1. The number of nitrogens with one attached hydrogen (secondary N) is 2. The van der Waals surface area contributed by atoms with Gasteiger partial charge in [0.2, 0.25) is 5.91 Å². The van der Waals surface area contributed by atoms with Crippen LogP contribution in [0.1, 0.15) is 63.1 Å². The fourth-order valence-electron chi connectivity index (χ4n) is 3.70. The Balaban J connectivity index is 0.00000225. The molecule has 3 rings (SSSR count). The number of carbonyl (C=O) groups is 1. The minimum Gasteiger partial charge on any atom is -0.353 e. The molecule has 1 aromatic heterocycles. The number of thioether (sulfide) groups is 1. The van der Waals surface area contributed by atoms with E-state index >= 15 is 0 Å². The largest absolute Gasteiger partial charge is 0.353 e. The first-order valence-corrected chi connectivity index (χ1v) is 10.2. The van der Waals surface area contributed by atoms with E-state index < -0.39 is 0 Å². The van der Waals surface area contributed by atoms with Crippen LogP contribution in [0, 0.1) is 0 Å². The molecule has 142 valence electrons. The molecule has 0 aromatic carbocycles. The number of rotatable bonds is 5. The summed E-state index contributed by atoms with van der Waals surface area (Å²) in [5.41, 5.74) is 0. The first kappa shape index (κ1) is 20.5. The minimum atomic E-state index is 0. The van der Waals surface area contributed by atoms with Crippen molar-refractivity contribution in [3.63, 3.8) is 0 Å². The summed E-state index contributed by atoms with van der Waals surface area (Å²) in [6.07, 6.45) is 9.67. The van der Waals surface area contributed by atoms with Gasteiger partial charge < -0.3 is 15.2 Å². The van der Waals surface area contributed by atoms with Gasteiger partial charge >= 0.3 is 0 Å². The summed E-state index contributed by atoms with van der Waals surface area (Å²) in [6, 6.07) is 0.365. The van der Waals surface area contributed by atoms with Crippen molar-refractivity contribution in [1.82, 2.24) is 25.4 Å². The van der Waals surface area contributed by atoms with Gasteiger partial charge in [0.05, 0.1) is 5.75 Å². The van der Waals surface area contributed by atoms with Crippen molar-refractivity contribution >= 4 is 30.1 Å². The van der Waals surface area contributed by atoms with Gasteiger partial charge in [-0.15, -0.1) is 22.6 Å². The van der Waals surface area contributed by atoms with Crippen molar-refractivity contribution < 1.29 is 4.79 Å². The molecule has 1 aliphatic heterocycles. The lowest BCUT2D eigenvalue weighted by Gasteiger charge is -2.21. The maximum absolute atomic E-state index is 12.2. The van der Waals surface area contributed by atoms with E-state index in [1.807, 2.05) is 7.05 Å². The molecule has 1 aromatic rings. The van der Waals surface area contributed by atoms with Crippen LogP contribution in [0.15, 0.2) is 5.16 Å². The zero-order chi connectivity index (χ0) is 16.8. The third-order valence-corrected chi connectivity index (χ3v) is 6.10. The van der Waals surface area contributed by atoms with Crippen molar-refractivity contribution in [2.24, 2.45) is 7.05 Å². The summed E-state index contributed by atoms with van der Waals surface area (Å²) >= 11 is 1.49. The molecule has 0 bridgehead atoms. The maximum atomic E-state index is 12.2.